The molecule has 0 saturated carbocycles. The lowest BCUT2D eigenvalue weighted by molar-refractivity contribution is 0.653. The molecule has 0 aliphatic rings. The molecule has 0 atom stereocenters. The quantitative estimate of drug-likeness (QED) is 0.173. The predicted octanol–water partition coefficient (Wildman–Crippen LogP) is 3.34. The minimum atomic E-state index is 0.108. The largest absolute Gasteiger partial charge is 0.369 e. The van der Waals surface area contributed by atoms with Crippen LogP contribution in [0.25, 0.3) is 0 Å². The standard InChI is InChI=1S/C22H30Cl2N10/c23-15-9-11-16(12-10-15)31-21(27)33-19(25)29-13-5-1-2-6-14-30-20(26)34-22(28)32-18-8-4-3-7-17(18)24/h3-4,7-12H,1-2,5-6,13-14H2,(H5,25,27,29,31,33)(H5,26,28,30,32,34). The van der Waals surface area contributed by atoms with Gasteiger partial charge in [-0.3, -0.25) is 9.98 Å². The first-order valence-corrected chi connectivity index (χ1v) is 11.4. The van der Waals surface area contributed by atoms with E-state index in [9.17, 15) is 0 Å². The van der Waals surface area contributed by atoms with Gasteiger partial charge in [0.25, 0.3) is 0 Å². The van der Waals surface area contributed by atoms with Gasteiger partial charge in [0, 0.05) is 23.8 Å². The van der Waals surface area contributed by atoms with Gasteiger partial charge in [0.2, 0.25) is 23.8 Å². The molecule has 0 aromatic heterocycles. The highest BCUT2D eigenvalue weighted by Crippen LogP contribution is 2.19. The molecule has 0 radical (unpaired) electrons. The fourth-order valence-electron chi connectivity index (χ4n) is 2.72. The van der Waals surface area contributed by atoms with Gasteiger partial charge < -0.3 is 33.6 Å². The number of rotatable bonds is 9. The number of nitrogens with two attached hydrogens (primary N) is 4. The Bertz CT molecular complexity index is 1030. The smallest absolute Gasteiger partial charge is 0.218 e. The average molecular weight is 505 g/mol. The van der Waals surface area contributed by atoms with E-state index in [2.05, 4.69) is 30.6 Å². The molecule has 2 aromatic rings. The highest BCUT2D eigenvalue weighted by Gasteiger charge is 2.01. The molecule has 10 N–H and O–H groups in total. The van der Waals surface area contributed by atoms with Crippen molar-refractivity contribution in [1.82, 2.24) is 0 Å². The lowest BCUT2D eigenvalue weighted by Crippen LogP contribution is -2.26. The predicted molar refractivity (Wildman–Crippen MR) is 145 cm³/mol. The number of para-hydroxylation sites is 1. The molecule has 2 aromatic carbocycles. The Kier molecular flexibility index (Phi) is 11.5. The molecule has 34 heavy (non-hydrogen) atoms. The van der Waals surface area contributed by atoms with Gasteiger partial charge >= 0.3 is 0 Å². The molecule has 0 aliphatic carbocycles. The third-order valence-corrected chi connectivity index (χ3v) is 4.92. The average Bonchev–Trinajstić information content (AvgIpc) is 2.78. The minimum absolute atomic E-state index is 0.108. The fraction of sp³-hybridized carbons (Fsp3) is 0.273. The van der Waals surface area contributed by atoms with E-state index in [1.807, 2.05) is 12.1 Å². The van der Waals surface area contributed by atoms with Gasteiger partial charge in [-0.15, -0.1) is 0 Å². The summed E-state index contributed by atoms with van der Waals surface area (Å²) in [4.78, 5) is 16.5. The van der Waals surface area contributed by atoms with Crippen LogP contribution in [-0.2, 0) is 0 Å². The number of anilines is 2. The summed E-state index contributed by atoms with van der Waals surface area (Å²) >= 11 is 11.9. The lowest BCUT2D eigenvalue weighted by atomic mass is 10.2. The van der Waals surface area contributed by atoms with Gasteiger partial charge in [0.1, 0.15) is 0 Å². The zero-order chi connectivity index (χ0) is 24.8. The second-order valence-corrected chi connectivity index (χ2v) is 7.97. The Labute approximate surface area is 209 Å². The number of nitrogens with zero attached hydrogens (tertiary/aromatic N) is 4. The van der Waals surface area contributed by atoms with E-state index in [0.29, 0.717) is 28.8 Å². The monoisotopic (exact) mass is 504 g/mol. The van der Waals surface area contributed by atoms with Crippen LogP contribution < -0.4 is 33.6 Å². The summed E-state index contributed by atoms with van der Waals surface area (Å²) in [6, 6.07) is 14.3. The van der Waals surface area contributed by atoms with E-state index in [-0.39, 0.29) is 23.8 Å². The molecule has 0 unspecified atom stereocenters. The van der Waals surface area contributed by atoms with Crippen molar-refractivity contribution in [2.24, 2.45) is 42.9 Å². The van der Waals surface area contributed by atoms with Crippen molar-refractivity contribution in [3.8, 4) is 0 Å². The molecule has 0 amide bonds. The maximum atomic E-state index is 6.07. The molecular weight excluding hydrogens is 475 g/mol. The summed E-state index contributed by atoms with van der Waals surface area (Å²) in [6.45, 7) is 1.11. The number of halogens is 2. The lowest BCUT2D eigenvalue weighted by Gasteiger charge is -2.06. The van der Waals surface area contributed by atoms with Gasteiger partial charge in [-0.1, -0.05) is 48.2 Å². The molecule has 2 rings (SSSR count). The second-order valence-electron chi connectivity index (χ2n) is 7.12. The topological polar surface area (TPSA) is 178 Å². The minimum Gasteiger partial charge on any atom is -0.369 e. The molecule has 0 saturated heterocycles. The Morgan fingerprint density at radius 3 is 1.76 bits per heavy atom. The third-order valence-electron chi connectivity index (χ3n) is 4.34. The second kappa shape index (κ2) is 14.6. The van der Waals surface area contributed by atoms with Crippen LogP contribution >= 0.6 is 23.2 Å². The number of nitrogens with one attached hydrogen (secondary N) is 2. The van der Waals surface area contributed by atoms with Crippen molar-refractivity contribution in [3.05, 3.63) is 58.6 Å². The zero-order valence-corrected chi connectivity index (χ0v) is 20.2. The molecule has 0 heterocycles. The first kappa shape index (κ1) is 26.7. The van der Waals surface area contributed by atoms with E-state index >= 15 is 0 Å². The van der Waals surface area contributed by atoms with E-state index in [1.165, 1.54) is 0 Å². The highest BCUT2D eigenvalue weighted by molar-refractivity contribution is 6.33. The third kappa shape index (κ3) is 10.9. The number of guanidine groups is 4. The van der Waals surface area contributed by atoms with Crippen molar-refractivity contribution in [2.45, 2.75) is 25.7 Å². The van der Waals surface area contributed by atoms with Gasteiger partial charge in [-0.05, 0) is 49.2 Å². The Hall–Kier alpha value is -3.50. The first-order valence-electron chi connectivity index (χ1n) is 10.7. The summed E-state index contributed by atoms with van der Waals surface area (Å²) in [6.07, 6.45) is 3.66. The van der Waals surface area contributed by atoms with Gasteiger partial charge in [-0.25, -0.2) is 0 Å². The maximum absolute atomic E-state index is 6.07. The van der Waals surface area contributed by atoms with Crippen LogP contribution in [-0.4, -0.2) is 36.9 Å². The summed E-state index contributed by atoms with van der Waals surface area (Å²) in [5.41, 5.74) is 24.7. The molecule has 12 heteroatoms. The van der Waals surface area contributed by atoms with E-state index in [0.717, 1.165) is 31.4 Å². The maximum Gasteiger partial charge on any atom is 0.218 e. The van der Waals surface area contributed by atoms with Gasteiger partial charge in [-0.2, -0.15) is 9.98 Å². The zero-order valence-electron chi connectivity index (χ0n) is 18.7. The van der Waals surface area contributed by atoms with Crippen molar-refractivity contribution in [2.75, 3.05) is 23.7 Å². The Morgan fingerprint density at radius 2 is 1.21 bits per heavy atom. The molecule has 0 spiro atoms. The van der Waals surface area contributed by atoms with Crippen molar-refractivity contribution in [1.29, 1.82) is 0 Å². The van der Waals surface area contributed by atoms with Crippen LogP contribution in [0.1, 0.15) is 25.7 Å². The van der Waals surface area contributed by atoms with Crippen LogP contribution in [0.2, 0.25) is 10.0 Å². The van der Waals surface area contributed by atoms with E-state index in [4.69, 9.17) is 46.1 Å². The molecule has 0 aliphatic heterocycles. The summed E-state index contributed by atoms with van der Waals surface area (Å²) < 4.78 is 0. The van der Waals surface area contributed by atoms with Gasteiger partial charge in [0.05, 0.1) is 10.7 Å². The molecule has 0 fully saturated rings. The highest BCUT2D eigenvalue weighted by atomic mass is 35.5. The van der Waals surface area contributed by atoms with Crippen molar-refractivity contribution in [3.63, 3.8) is 0 Å². The fourth-order valence-corrected chi connectivity index (χ4v) is 3.03. The normalized spacial score (nSPS) is 13.1. The van der Waals surface area contributed by atoms with Crippen LogP contribution in [0, 0.1) is 0 Å². The molecule has 0 bridgehead atoms. The Morgan fingerprint density at radius 1 is 0.676 bits per heavy atom. The van der Waals surface area contributed by atoms with Crippen LogP contribution in [0.3, 0.4) is 0 Å². The molecule has 10 nitrogen and oxygen atoms in total. The van der Waals surface area contributed by atoms with Crippen molar-refractivity contribution >= 4 is 58.4 Å². The van der Waals surface area contributed by atoms with Gasteiger partial charge in [0.15, 0.2) is 0 Å². The summed E-state index contributed by atoms with van der Waals surface area (Å²) in [5.74, 6) is 0.509. The van der Waals surface area contributed by atoms with Crippen LogP contribution in [0.5, 0.6) is 0 Å². The number of aliphatic imine (C=N–C) groups is 4. The van der Waals surface area contributed by atoms with Crippen LogP contribution in [0.4, 0.5) is 11.4 Å². The molecular formula is C22H30Cl2N10. The number of hydrogen-bond acceptors (Lipinski definition) is 2. The number of unbranched alkanes of at least 4 members (excludes halogenated alkanes) is 3. The Balaban J connectivity index is 1.62. The molecule has 182 valence electrons. The summed E-state index contributed by atoms with van der Waals surface area (Å²) in [7, 11) is 0. The van der Waals surface area contributed by atoms with Crippen molar-refractivity contribution < 1.29 is 0 Å². The first-order chi connectivity index (χ1) is 16.3. The van der Waals surface area contributed by atoms with Crippen LogP contribution in [0.15, 0.2) is 68.5 Å². The van der Waals surface area contributed by atoms with E-state index < -0.39 is 0 Å². The number of hydrogen-bond donors (Lipinski definition) is 6. The number of benzene rings is 2. The summed E-state index contributed by atoms with van der Waals surface area (Å²) in [5, 5.41) is 6.98. The SMILES string of the molecule is NC(=NCCCCCCN=C(N)/N=C(\N)Nc1ccccc1Cl)/N=C(\N)Nc1ccc(Cl)cc1. The van der Waals surface area contributed by atoms with E-state index in [1.54, 1.807) is 36.4 Å².